The van der Waals surface area contributed by atoms with E-state index in [2.05, 4.69) is 130 Å². The average molecular weight is 609 g/mol. The van der Waals surface area contributed by atoms with Crippen LogP contribution in [0.1, 0.15) is 11.1 Å². The summed E-state index contributed by atoms with van der Waals surface area (Å²) in [7, 11) is 0. The molecule has 0 saturated carbocycles. The number of benzene rings is 6. The lowest BCUT2D eigenvalue weighted by Gasteiger charge is -2.14. The number of hydrogen-bond donors (Lipinski definition) is 0. The van der Waals surface area contributed by atoms with Crippen LogP contribution < -0.4 is 0 Å². The van der Waals surface area contributed by atoms with Crippen LogP contribution in [-0.2, 0) is 0 Å². The molecule has 0 bridgehead atoms. The monoisotopic (exact) mass is 608 g/mol. The van der Waals surface area contributed by atoms with Crippen LogP contribution in [-0.4, -0.2) is 9.13 Å². The first kappa shape index (κ1) is 27.3. The fraction of sp³-hybridized carbons (Fsp3) is 0. The van der Waals surface area contributed by atoms with Gasteiger partial charge in [0.05, 0.1) is 45.5 Å². The molecule has 0 spiro atoms. The predicted molar refractivity (Wildman–Crippen MR) is 193 cm³/mol. The molecule has 4 nitrogen and oxygen atoms in total. The molecule has 9 aromatic rings. The summed E-state index contributed by atoms with van der Waals surface area (Å²) in [5.74, 6) is 0. The Labute approximate surface area is 277 Å². The lowest BCUT2D eigenvalue weighted by atomic mass is 9.97. The maximum Gasteiger partial charge on any atom is 0.105 e. The largest absolute Gasteiger partial charge is 0.309 e. The van der Waals surface area contributed by atoms with Gasteiger partial charge in [-0.25, -0.2) is 0 Å². The number of nitrogens with zero attached hydrogens (tertiary/aromatic N) is 4. The molecule has 48 heavy (non-hydrogen) atoms. The van der Waals surface area contributed by atoms with E-state index >= 15 is 0 Å². The molecule has 0 aliphatic heterocycles. The van der Waals surface area contributed by atoms with Gasteiger partial charge in [0.2, 0.25) is 0 Å². The van der Waals surface area contributed by atoms with Gasteiger partial charge in [0.15, 0.2) is 0 Å². The van der Waals surface area contributed by atoms with Gasteiger partial charge in [0, 0.05) is 32.8 Å². The third-order valence-electron chi connectivity index (χ3n) is 9.22. The molecule has 0 unspecified atom stereocenters. The molecular weight excluding hydrogens is 585 g/mol. The second-order valence-electron chi connectivity index (χ2n) is 11.9. The van der Waals surface area contributed by atoms with Crippen molar-refractivity contribution in [3.63, 3.8) is 0 Å². The van der Waals surface area contributed by atoms with Crippen LogP contribution in [0.3, 0.4) is 0 Å². The van der Waals surface area contributed by atoms with E-state index in [1.54, 1.807) is 0 Å². The van der Waals surface area contributed by atoms with Crippen LogP contribution in [0.2, 0.25) is 0 Å². The van der Waals surface area contributed by atoms with Gasteiger partial charge in [-0.05, 0) is 83.4 Å². The van der Waals surface area contributed by atoms with Crippen LogP contribution in [0.15, 0.2) is 146 Å². The summed E-state index contributed by atoms with van der Waals surface area (Å²) in [5, 5.41) is 24.3. The highest BCUT2D eigenvalue weighted by atomic mass is 15.0. The first-order chi connectivity index (χ1) is 23.7. The van der Waals surface area contributed by atoms with Crippen molar-refractivity contribution in [3.8, 4) is 45.8 Å². The standard InChI is InChI=1S/C44H24N4/c45-27-29-17-22-39-38-12-2-6-14-41(38)47(44(39)25-29)34-24-30(28-46)23-33(26-34)31-18-20-32(21-19-31)35-9-1-5-13-40(35)48-42-15-7-3-10-36(42)37-11-4-8-16-43(37)48/h1-7,9-15,17-26H. The van der Waals surface area contributed by atoms with Crippen molar-refractivity contribution in [1.29, 1.82) is 10.5 Å². The van der Waals surface area contributed by atoms with Crippen molar-refractivity contribution < 1.29 is 0 Å². The molecule has 0 radical (unpaired) electrons. The minimum absolute atomic E-state index is 0.568. The molecule has 0 fully saturated rings. The molecule has 4 heteroatoms. The quantitative estimate of drug-likeness (QED) is 0.200. The highest BCUT2D eigenvalue weighted by Crippen LogP contribution is 2.37. The summed E-state index contributed by atoms with van der Waals surface area (Å²) in [4.78, 5) is 0. The van der Waals surface area contributed by atoms with Gasteiger partial charge in [-0.2, -0.15) is 10.5 Å². The molecule has 220 valence electrons. The van der Waals surface area contributed by atoms with Crippen molar-refractivity contribution in [3.05, 3.63) is 169 Å². The number of fused-ring (bicyclic) bond motifs is 6. The number of hydrogen-bond acceptors (Lipinski definition) is 2. The third kappa shape index (κ3) is 4.17. The summed E-state index contributed by atoms with van der Waals surface area (Å²) in [6, 6.07) is 60.6. The van der Waals surface area contributed by atoms with Gasteiger partial charge >= 0.3 is 0 Å². The van der Waals surface area contributed by atoms with Crippen molar-refractivity contribution in [2.75, 3.05) is 0 Å². The zero-order chi connectivity index (χ0) is 32.2. The fourth-order valence-electron chi connectivity index (χ4n) is 7.09. The van der Waals surface area contributed by atoms with E-state index < -0.39 is 0 Å². The van der Waals surface area contributed by atoms with E-state index in [1.165, 1.54) is 5.39 Å². The molecule has 0 saturated heterocycles. The van der Waals surface area contributed by atoms with E-state index in [-0.39, 0.29) is 0 Å². The maximum atomic E-state index is 10.1. The van der Waals surface area contributed by atoms with Crippen molar-refractivity contribution in [1.82, 2.24) is 9.13 Å². The van der Waals surface area contributed by atoms with Crippen molar-refractivity contribution in [2.45, 2.75) is 0 Å². The van der Waals surface area contributed by atoms with Gasteiger partial charge in [0.1, 0.15) is 5.52 Å². The Kier molecular flexibility index (Phi) is 6.13. The summed E-state index contributed by atoms with van der Waals surface area (Å²) >= 11 is 0. The SMILES string of the molecule is N#Cc1cc(-c2ccc(-c3ccccc3-n3c4c#cccc4c4ccccc43)cc2)cc(-n2c3ccccc3c3ccc(C#N)cc32)c1. The Morgan fingerprint density at radius 1 is 0.479 bits per heavy atom. The third-order valence-corrected chi connectivity index (χ3v) is 9.22. The maximum absolute atomic E-state index is 10.1. The van der Waals surface area contributed by atoms with Crippen LogP contribution in [0.4, 0.5) is 0 Å². The average Bonchev–Trinajstić information content (AvgIpc) is 3.67. The van der Waals surface area contributed by atoms with Gasteiger partial charge < -0.3 is 9.13 Å². The molecule has 0 aliphatic rings. The Morgan fingerprint density at radius 2 is 1.15 bits per heavy atom. The van der Waals surface area contributed by atoms with Crippen molar-refractivity contribution >= 4 is 43.6 Å². The second-order valence-corrected chi connectivity index (χ2v) is 11.9. The highest BCUT2D eigenvalue weighted by Gasteiger charge is 2.17. The van der Waals surface area contributed by atoms with Crippen molar-refractivity contribution in [2.24, 2.45) is 0 Å². The molecule has 0 aliphatic carbocycles. The normalized spacial score (nSPS) is 11.1. The summed E-state index contributed by atoms with van der Waals surface area (Å²) in [5.41, 5.74) is 11.3. The van der Waals surface area contributed by atoms with Gasteiger partial charge in [-0.3, -0.25) is 0 Å². The van der Waals surface area contributed by atoms with Crippen LogP contribution >= 0.6 is 0 Å². The van der Waals surface area contributed by atoms with E-state index in [1.807, 2.05) is 48.5 Å². The molecule has 2 heterocycles. The topological polar surface area (TPSA) is 57.4 Å². The Hall–Kier alpha value is -7.06. The Balaban J connectivity index is 1.18. The lowest BCUT2D eigenvalue weighted by Crippen LogP contribution is -1.97. The first-order valence-electron chi connectivity index (χ1n) is 15.7. The molecule has 0 N–H and O–H groups in total. The first-order valence-corrected chi connectivity index (χ1v) is 15.7. The fourth-order valence-corrected chi connectivity index (χ4v) is 7.09. The molecule has 7 aromatic carbocycles. The van der Waals surface area contributed by atoms with Crippen LogP contribution in [0.25, 0.3) is 77.2 Å². The Bertz CT molecular complexity index is 2750. The number of aromatic nitrogens is 2. The highest BCUT2D eigenvalue weighted by molar-refractivity contribution is 6.10. The predicted octanol–water partition coefficient (Wildman–Crippen LogP) is 10.6. The number of nitriles is 2. The molecule has 2 aromatic heterocycles. The zero-order valence-corrected chi connectivity index (χ0v) is 25.6. The number of para-hydroxylation sites is 3. The number of rotatable bonds is 4. The molecule has 9 rings (SSSR count). The molecule has 0 atom stereocenters. The van der Waals surface area contributed by atoms with Gasteiger partial charge in [-0.1, -0.05) is 91.0 Å². The van der Waals surface area contributed by atoms with E-state index in [4.69, 9.17) is 0 Å². The van der Waals surface area contributed by atoms with Crippen LogP contribution in [0.5, 0.6) is 0 Å². The van der Waals surface area contributed by atoms with E-state index in [0.717, 1.165) is 71.9 Å². The zero-order valence-electron chi connectivity index (χ0n) is 25.6. The van der Waals surface area contributed by atoms with Gasteiger partial charge in [-0.15, -0.1) is 0 Å². The summed E-state index contributed by atoms with van der Waals surface area (Å²) in [6.45, 7) is 0. The minimum Gasteiger partial charge on any atom is -0.309 e. The van der Waals surface area contributed by atoms with Gasteiger partial charge in [0.25, 0.3) is 0 Å². The van der Waals surface area contributed by atoms with E-state index in [0.29, 0.717) is 11.1 Å². The summed E-state index contributed by atoms with van der Waals surface area (Å²) in [6.07, 6.45) is 0. The smallest absolute Gasteiger partial charge is 0.105 e. The van der Waals surface area contributed by atoms with Crippen LogP contribution in [0, 0.1) is 34.8 Å². The minimum atomic E-state index is 0.568. The molecule has 0 amide bonds. The lowest BCUT2D eigenvalue weighted by molar-refractivity contribution is 1.18. The molecular formula is C44H24N4. The Morgan fingerprint density at radius 3 is 1.94 bits per heavy atom. The van der Waals surface area contributed by atoms with E-state index in [9.17, 15) is 10.5 Å². The summed E-state index contributed by atoms with van der Waals surface area (Å²) < 4.78 is 4.43. The second kappa shape index (κ2) is 10.8.